The maximum atomic E-state index is 11.6. The van der Waals surface area contributed by atoms with Crippen molar-refractivity contribution in [2.24, 2.45) is 5.92 Å². The molecule has 104 valence electrons. The largest absolute Gasteiger partial charge is 0.391 e. The fourth-order valence-electron chi connectivity index (χ4n) is 2.12. The maximum absolute atomic E-state index is 11.6. The monoisotopic (exact) mass is 256 g/mol. The topological polar surface area (TPSA) is 69.6 Å². The number of piperidine rings is 1. The van der Waals surface area contributed by atoms with E-state index in [1.54, 1.807) is 4.90 Å². The predicted molar refractivity (Wildman–Crippen MR) is 68.9 cm³/mol. The summed E-state index contributed by atoms with van der Waals surface area (Å²) in [7, 11) is 0. The Morgan fingerprint density at radius 1 is 1.44 bits per heavy atom. The number of carbonyl (C=O) groups is 2. The second-order valence-electron chi connectivity index (χ2n) is 5.36. The van der Waals surface area contributed by atoms with Crippen LogP contribution >= 0.6 is 0 Å². The van der Waals surface area contributed by atoms with Gasteiger partial charge >= 0.3 is 0 Å². The molecule has 5 heteroatoms. The molecule has 0 aliphatic carbocycles. The van der Waals surface area contributed by atoms with E-state index in [4.69, 9.17) is 0 Å². The van der Waals surface area contributed by atoms with Gasteiger partial charge in [-0.05, 0) is 25.2 Å². The van der Waals surface area contributed by atoms with Crippen LogP contribution in [0.2, 0.25) is 0 Å². The number of hydrogen-bond acceptors (Lipinski definition) is 3. The summed E-state index contributed by atoms with van der Waals surface area (Å²) in [4.78, 5) is 24.7. The zero-order valence-electron chi connectivity index (χ0n) is 11.3. The van der Waals surface area contributed by atoms with Crippen molar-refractivity contribution in [3.8, 4) is 0 Å². The van der Waals surface area contributed by atoms with E-state index >= 15 is 0 Å². The molecular formula is C13H24N2O3. The third-order valence-electron chi connectivity index (χ3n) is 3.03. The minimum atomic E-state index is -0.508. The van der Waals surface area contributed by atoms with Crippen molar-refractivity contribution in [1.82, 2.24) is 10.2 Å². The Morgan fingerprint density at radius 2 is 2.17 bits per heavy atom. The fraction of sp³-hybridized carbons (Fsp3) is 0.846. The van der Waals surface area contributed by atoms with Crippen LogP contribution < -0.4 is 5.32 Å². The molecule has 2 N–H and O–H groups in total. The van der Waals surface area contributed by atoms with Gasteiger partial charge in [0, 0.05) is 19.5 Å². The normalized spacial score (nSPS) is 18.0. The Bertz CT molecular complexity index is 292. The lowest BCUT2D eigenvalue weighted by atomic mass is 10.1. The van der Waals surface area contributed by atoms with Crippen molar-refractivity contribution in [3.05, 3.63) is 0 Å². The van der Waals surface area contributed by atoms with E-state index in [9.17, 15) is 14.7 Å². The molecule has 2 amide bonds. The first-order valence-corrected chi connectivity index (χ1v) is 6.71. The van der Waals surface area contributed by atoms with Crippen LogP contribution in [0.3, 0.4) is 0 Å². The molecule has 0 aromatic carbocycles. The number of aliphatic hydroxyl groups is 1. The first-order chi connectivity index (χ1) is 8.49. The third kappa shape index (κ3) is 5.49. The van der Waals surface area contributed by atoms with Gasteiger partial charge in [0.25, 0.3) is 0 Å². The summed E-state index contributed by atoms with van der Waals surface area (Å²) in [5.74, 6) is 0.271. The van der Waals surface area contributed by atoms with E-state index in [0.29, 0.717) is 25.3 Å². The van der Waals surface area contributed by atoms with Gasteiger partial charge in [0.1, 0.15) is 0 Å². The van der Waals surface area contributed by atoms with Crippen molar-refractivity contribution in [3.63, 3.8) is 0 Å². The van der Waals surface area contributed by atoms with Crippen molar-refractivity contribution in [2.75, 3.05) is 19.6 Å². The molecule has 1 heterocycles. The highest BCUT2D eigenvalue weighted by Crippen LogP contribution is 2.09. The lowest BCUT2D eigenvalue weighted by Crippen LogP contribution is -2.44. The molecular weight excluding hydrogens is 232 g/mol. The first kappa shape index (κ1) is 15.0. The Morgan fingerprint density at radius 3 is 2.78 bits per heavy atom. The number of aliphatic hydroxyl groups excluding tert-OH is 1. The van der Waals surface area contributed by atoms with Crippen LogP contribution in [0.4, 0.5) is 0 Å². The van der Waals surface area contributed by atoms with Crippen molar-refractivity contribution >= 4 is 11.8 Å². The van der Waals surface area contributed by atoms with E-state index in [0.717, 1.165) is 12.8 Å². The number of hydrogen-bond donors (Lipinski definition) is 2. The standard InChI is InChI=1S/C13H24N2O3/c1-10(2)7-11(16)8-14-12(17)9-15-6-4-3-5-13(15)18/h10-11,16H,3-9H2,1-2H3,(H,14,17)/t11-/m1/s1. The highest BCUT2D eigenvalue weighted by Gasteiger charge is 2.20. The quantitative estimate of drug-likeness (QED) is 0.728. The Hall–Kier alpha value is -1.10. The summed E-state index contributed by atoms with van der Waals surface area (Å²) in [6.07, 6.45) is 2.59. The summed E-state index contributed by atoms with van der Waals surface area (Å²) in [5, 5.41) is 12.3. The number of nitrogens with zero attached hydrogens (tertiary/aromatic N) is 1. The third-order valence-corrected chi connectivity index (χ3v) is 3.03. The molecule has 18 heavy (non-hydrogen) atoms. The van der Waals surface area contributed by atoms with Gasteiger partial charge in [0.05, 0.1) is 12.6 Å². The summed E-state index contributed by atoms with van der Waals surface area (Å²) in [6.45, 7) is 5.10. The van der Waals surface area contributed by atoms with E-state index in [-0.39, 0.29) is 24.9 Å². The molecule has 1 saturated heterocycles. The lowest BCUT2D eigenvalue weighted by molar-refractivity contribution is -0.137. The zero-order chi connectivity index (χ0) is 13.5. The van der Waals surface area contributed by atoms with Gasteiger partial charge in [0.2, 0.25) is 11.8 Å². The van der Waals surface area contributed by atoms with Crippen molar-refractivity contribution in [1.29, 1.82) is 0 Å². The lowest BCUT2D eigenvalue weighted by Gasteiger charge is -2.26. The Kier molecular flexibility index (Phi) is 6.12. The minimum absolute atomic E-state index is 0.0547. The molecule has 0 bridgehead atoms. The summed E-state index contributed by atoms with van der Waals surface area (Å²) >= 11 is 0. The average Bonchev–Trinajstić information content (AvgIpc) is 2.29. The minimum Gasteiger partial charge on any atom is -0.391 e. The van der Waals surface area contributed by atoms with Gasteiger partial charge < -0.3 is 15.3 Å². The van der Waals surface area contributed by atoms with Gasteiger partial charge in [-0.15, -0.1) is 0 Å². The highest BCUT2D eigenvalue weighted by atomic mass is 16.3. The summed E-state index contributed by atoms with van der Waals surface area (Å²) < 4.78 is 0. The number of likely N-dealkylation sites (tertiary alicyclic amines) is 1. The van der Waals surface area contributed by atoms with Gasteiger partial charge in [-0.3, -0.25) is 9.59 Å². The molecule has 1 atom stereocenters. The molecule has 0 saturated carbocycles. The van der Waals surface area contributed by atoms with E-state index in [2.05, 4.69) is 5.32 Å². The molecule has 0 radical (unpaired) electrons. The SMILES string of the molecule is CC(C)C[C@@H](O)CNC(=O)CN1CCCCC1=O. The van der Waals surface area contributed by atoms with Crippen LogP contribution in [0, 0.1) is 5.92 Å². The van der Waals surface area contributed by atoms with Crippen LogP contribution in [0.1, 0.15) is 39.5 Å². The van der Waals surface area contributed by atoms with Gasteiger partial charge in [-0.2, -0.15) is 0 Å². The van der Waals surface area contributed by atoms with Crippen LogP contribution in [0.15, 0.2) is 0 Å². The first-order valence-electron chi connectivity index (χ1n) is 6.71. The van der Waals surface area contributed by atoms with Gasteiger partial charge in [0.15, 0.2) is 0 Å². The van der Waals surface area contributed by atoms with Gasteiger partial charge in [-0.25, -0.2) is 0 Å². The molecule has 0 aromatic heterocycles. The molecule has 1 aliphatic heterocycles. The number of amides is 2. The van der Waals surface area contributed by atoms with Crippen molar-refractivity contribution < 1.29 is 14.7 Å². The second-order valence-corrected chi connectivity index (χ2v) is 5.36. The Labute approximate surface area is 109 Å². The molecule has 0 aromatic rings. The van der Waals surface area contributed by atoms with Crippen LogP contribution in [0.25, 0.3) is 0 Å². The smallest absolute Gasteiger partial charge is 0.239 e. The maximum Gasteiger partial charge on any atom is 0.239 e. The van der Waals surface area contributed by atoms with E-state index in [1.165, 1.54) is 0 Å². The molecule has 0 spiro atoms. The number of nitrogens with one attached hydrogen (secondary N) is 1. The molecule has 1 aliphatic rings. The van der Waals surface area contributed by atoms with Crippen LogP contribution in [0.5, 0.6) is 0 Å². The zero-order valence-corrected chi connectivity index (χ0v) is 11.3. The average molecular weight is 256 g/mol. The van der Waals surface area contributed by atoms with E-state index < -0.39 is 6.10 Å². The molecule has 5 nitrogen and oxygen atoms in total. The van der Waals surface area contributed by atoms with Crippen LogP contribution in [-0.4, -0.2) is 47.6 Å². The number of carbonyl (C=O) groups excluding carboxylic acids is 2. The second kappa shape index (κ2) is 7.36. The summed E-state index contributed by atoms with van der Waals surface area (Å²) in [6, 6.07) is 0. The van der Waals surface area contributed by atoms with E-state index in [1.807, 2.05) is 13.8 Å². The predicted octanol–water partition coefficient (Wildman–Crippen LogP) is 0.522. The summed E-state index contributed by atoms with van der Waals surface area (Å²) in [5.41, 5.74) is 0. The number of rotatable bonds is 6. The Balaban J connectivity index is 2.22. The van der Waals surface area contributed by atoms with Gasteiger partial charge in [-0.1, -0.05) is 13.8 Å². The highest BCUT2D eigenvalue weighted by molar-refractivity contribution is 5.85. The fourth-order valence-corrected chi connectivity index (χ4v) is 2.12. The molecule has 1 fully saturated rings. The van der Waals surface area contributed by atoms with Crippen LogP contribution in [-0.2, 0) is 9.59 Å². The molecule has 0 unspecified atom stereocenters. The molecule has 1 rings (SSSR count). The van der Waals surface area contributed by atoms with Crippen molar-refractivity contribution in [2.45, 2.75) is 45.6 Å².